The summed E-state index contributed by atoms with van der Waals surface area (Å²) in [7, 11) is 0. The van der Waals surface area contributed by atoms with Gasteiger partial charge in [-0.15, -0.1) is 0 Å². The maximum atomic E-state index is 13.3. The summed E-state index contributed by atoms with van der Waals surface area (Å²) in [6, 6.07) is 4.72. The Morgan fingerprint density at radius 3 is 2.65 bits per heavy atom. The number of nitrogens with one attached hydrogen (secondary N) is 1. The molecule has 0 aromatic heterocycles. The Balaban J connectivity index is 1.77. The summed E-state index contributed by atoms with van der Waals surface area (Å²) in [6.45, 7) is -0.0719. The van der Waals surface area contributed by atoms with Crippen LogP contribution in [0.2, 0.25) is 0 Å². The van der Waals surface area contributed by atoms with Gasteiger partial charge in [0.05, 0.1) is 4.47 Å². The predicted octanol–water partition coefficient (Wildman–Crippen LogP) is 3.81. The largest absolute Gasteiger partial charge is 0.484 e. The topological polar surface area (TPSA) is 38.3 Å². The minimum atomic E-state index is -0.397. The van der Waals surface area contributed by atoms with Gasteiger partial charge in [0.1, 0.15) is 11.6 Å². The first kappa shape index (κ1) is 15.3. The van der Waals surface area contributed by atoms with E-state index < -0.39 is 5.82 Å². The molecule has 1 amide bonds. The van der Waals surface area contributed by atoms with Crippen molar-refractivity contribution < 1.29 is 13.9 Å². The average Bonchev–Trinajstić information content (AvgIpc) is 2.69. The molecule has 0 atom stereocenters. The Morgan fingerprint density at radius 2 is 2.00 bits per heavy atom. The number of rotatable bonds is 4. The van der Waals surface area contributed by atoms with Crippen LogP contribution in [-0.2, 0) is 4.79 Å². The van der Waals surface area contributed by atoms with Gasteiger partial charge >= 0.3 is 0 Å². The molecule has 5 heteroatoms. The molecule has 3 nitrogen and oxygen atoms in total. The molecule has 110 valence electrons. The fourth-order valence-corrected chi connectivity index (χ4v) is 2.66. The summed E-state index contributed by atoms with van der Waals surface area (Å²) in [5, 5.41) is 2.99. The lowest BCUT2D eigenvalue weighted by Crippen LogP contribution is -2.37. The maximum Gasteiger partial charge on any atom is 0.258 e. The van der Waals surface area contributed by atoms with E-state index in [4.69, 9.17) is 4.74 Å². The van der Waals surface area contributed by atoms with Crippen LogP contribution in [-0.4, -0.2) is 18.6 Å². The monoisotopic (exact) mass is 343 g/mol. The molecule has 0 unspecified atom stereocenters. The van der Waals surface area contributed by atoms with Crippen molar-refractivity contribution in [1.29, 1.82) is 0 Å². The molecule has 2 rings (SSSR count). The van der Waals surface area contributed by atoms with Gasteiger partial charge in [-0.2, -0.15) is 0 Å². The quantitative estimate of drug-likeness (QED) is 0.844. The van der Waals surface area contributed by atoms with Crippen molar-refractivity contribution in [3.05, 3.63) is 28.5 Å². The zero-order chi connectivity index (χ0) is 14.4. The lowest BCUT2D eigenvalue weighted by atomic mass is 10.1. The van der Waals surface area contributed by atoms with E-state index in [9.17, 15) is 9.18 Å². The summed E-state index contributed by atoms with van der Waals surface area (Å²) in [6.07, 6.45) is 6.92. The standard InChI is InChI=1S/C15H19BrFNO2/c16-13-8-7-12(9-14(13)17)20-10-15(19)18-11-5-3-1-2-4-6-11/h7-9,11H,1-6,10H2,(H,18,19). The number of carbonyl (C=O) groups is 1. The Morgan fingerprint density at radius 1 is 1.30 bits per heavy atom. The molecule has 20 heavy (non-hydrogen) atoms. The molecule has 1 aliphatic carbocycles. The van der Waals surface area contributed by atoms with Crippen LogP contribution in [0.5, 0.6) is 5.75 Å². The van der Waals surface area contributed by atoms with Crippen molar-refractivity contribution in [2.45, 2.75) is 44.6 Å². The first-order valence-electron chi connectivity index (χ1n) is 7.02. The van der Waals surface area contributed by atoms with Crippen molar-refractivity contribution >= 4 is 21.8 Å². The maximum absolute atomic E-state index is 13.3. The SMILES string of the molecule is O=C(COc1ccc(Br)c(F)c1)NC1CCCCCC1. The molecule has 0 saturated heterocycles. The molecule has 0 aliphatic heterocycles. The summed E-state index contributed by atoms with van der Waals surface area (Å²) in [4.78, 5) is 11.8. The van der Waals surface area contributed by atoms with Gasteiger partial charge in [-0.1, -0.05) is 25.7 Å². The van der Waals surface area contributed by atoms with Crippen LogP contribution in [0.4, 0.5) is 4.39 Å². The molecule has 0 spiro atoms. The Kier molecular flexibility index (Phi) is 5.83. The predicted molar refractivity (Wildman–Crippen MR) is 79.2 cm³/mol. The first-order chi connectivity index (χ1) is 9.65. The Hall–Kier alpha value is -1.10. The summed E-state index contributed by atoms with van der Waals surface area (Å²) in [5.41, 5.74) is 0. The van der Waals surface area contributed by atoms with Gasteiger partial charge in [-0.25, -0.2) is 4.39 Å². The number of benzene rings is 1. The lowest BCUT2D eigenvalue weighted by Gasteiger charge is -2.16. The minimum absolute atomic E-state index is 0.0719. The summed E-state index contributed by atoms with van der Waals surface area (Å²) in [5.74, 6) is -0.173. The number of hydrogen-bond donors (Lipinski definition) is 1. The van der Waals surface area contributed by atoms with E-state index in [0.29, 0.717) is 10.2 Å². The molecule has 0 radical (unpaired) electrons. The highest BCUT2D eigenvalue weighted by atomic mass is 79.9. The van der Waals surface area contributed by atoms with Crippen LogP contribution < -0.4 is 10.1 Å². The van der Waals surface area contributed by atoms with Crippen molar-refractivity contribution in [1.82, 2.24) is 5.32 Å². The van der Waals surface area contributed by atoms with Crippen LogP contribution in [0, 0.1) is 5.82 Å². The molecular weight excluding hydrogens is 325 g/mol. The second kappa shape index (κ2) is 7.62. The highest BCUT2D eigenvalue weighted by Gasteiger charge is 2.15. The molecule has 1 aliphatic rings. The van der Waals surface area contributed by atoms with E-state index in [1.165, 1.54) is 31.7 Å². The number of ether oxygens (including phenoxy) is 1. The van der Waals surface area contributed by atoms with Gasteiger partial charge in [-0.3, -0.25) is 4.79 Å². The summed E-state index contributed by atoms with van der Waals surface area (Å²) >= 11 is 3.07. The fraction of sp³-hybridized carbons (Fsp3) is 0.533. The highest BCUT2D eigenvalue weighted by Crippen LogP contribution is 2.21. The van der Waals surface area contributed by atoms with Gasteiger partial charge < -0.3 is 10.1 Å². The molecule has 0 heterocycles. The van der Waals surface area contributed by atoms with E-state index in [-0.39, 0.29) is 18.6 Å². The van der Waals surface area contributed by atoms with E-state index in [0.717, 1.165) is 12.8 Å². The van der Waals surface area contributed by atoms with E-state index in [1.54, 1.807) is 12.1 Å². The third-order valence-electron chi connectivity index (χ3n) is 3.48. The van der Waals surface area contributed by atoms with Crippen molar-refractivity contribution in [3.63, 3.8) is 0 Å². The van der Waals surface area contributed by atoms with Crippen LogP contribution in [0.15, 0.2) is 22.7 Å². The molecule has 1 aromatic rings. The third kappa shape index (κ3) is 4.78. The molecule has 1 saturated carbocycles. The zero-order valence-electron chi connectivity index (χ0n) is 11.3. The van der Waals surface area contributed by atoms with Gasteiger partial charge in [0.25, 0.3) is 5.91 Å². The molecule has 0 bridgehead atoms. The van der Waals surface area contributed by atoms with Crippen LogP contribution in [0.3, 0.4) is 0 Å². The van der Waals surface area contributed by atoms with Crippen LogP contribution >= 0.6 is 15.9 Å². The number of amides is 1. The third-order valence-corrected chi connectivity index (χ3v) is 4.12. The van der Waals surface area contributed by atoms with Gasteiger partial charge in [0.2, 0.25) is 0 Å². The minimum Gasteiger partial charge on any atom is -0.484 e. The molecule has 1 aromatic carbocycles. The summed E-state index contributed by atoms with van der Waals surface area (Å²) < 4.78 is 19.0. The smallest absolute Gasteiger partial charge is 0.258 e. The van der Waals surface area contributed by atoms with E-state index in [1.807, 2.05) is 0 Å². The molecule has 1 N–H and O–H groups in total. The number of carbonyl (C=O) groups excluding carboxylic acids is 1. The second-order valence-corrected chi connectivity index (χ2v) is 5.97. The van der Waals surface area contributed by atoms with Gasteiger partial charge in [0.15, 0.2) is 6.61 Å². The average molecular weight is 344 g/mol. The van der Waals surface area contributed by atoms with Gasteiger partial charge in [-0.05, 0) is 40.9 Å². The number of hydrogen-bond acceptors (Lipinski definition) is 2. The zero-order valence-corrected chi connectivity index (χ0v) is 12.9. The normalized spacial score (nSPS) is 16.5. The van der Waals surface area contributed by atoms with Crippen molar-refractivity contribution in [3.8, 4) is 5.75 Å². The van der Waals surface area contributed by atoms with E-state index in [2.05, 4.69) is 21.2 Å². The van der Waals surface area contributed by atoms with Crippen LogP contribution in [0.25, 0.3) is 0 Å². The highest BCUT2D eigenvalue weighted by molar-refractivity contribution is 9.10. The number of halogens is 2. The van der Waals surface area contributed by atoms with Gasteiger partial charge in [0, 0.05) is 12.1 Å². The Labute approximate surface area is 127 Å². The molecule has 1 fully saturated rings. The van der Waals surface area contributed by atoms with Crippen molar-refractivity contribution in [2.24, 2.45) is 0 Å². The second-order valence-electron chi connectivity index (χ2n) is 5.12. The Bertz CT molecular complexity index is 459. The van der Waals surface area contributed by atoms with Crippen molar-refractivity contribution in [2.75, 3.05) is 6.61 Å². The lowest BCUT2D eigenvalue weighted by molar-refractivity contribution is -0.123. The van der Waals surface area contributed by atoms with E-state index >= 15 is 0 Å². The van der Waals surface area contributed by atoms with Crippen LogP contribution in [0.1, 0.15) is 38.5 Å². The fourth-order valence-electron chi connectivity index (χ4n) is 2.41. The first-order valence-corrected chi connectivity index (χ1v) is 7.81. The molecular formula is C15H19BrFNO2.